The Morgan fingerprint density at radius 2 is 0.971 bits per heavy atom. The van der Waals surface area contributed by atoms with E-state index in [1.54, 1.807) is 0 Å². The van der Waals surface area contributed by atoms with E-state index in [0.29, 0.717) is 6.42 Å². The molecular weight excluding hydrogens is 416 g/mol. The Balaban J connectivity index is 1.44. The molecule has 0 saturated heterocycles. The number of aromatic nitrogens is 3. The van der Waals surface area contributed by atoms with Crippen LogP contribution in [0.1, 0.15) is 29.0 Å². The molecule has 0 bridgehead atoms. The maximum atomic E-state index is 6.94. The summed E-state index contributed by atoms with van der Waals surface area (Å²) in [6.45, 7) is 0. The maximum Gasteiger partial charge on any atom is 0.0706 e. The summed E-state index contributed by atoms with van der Waals surface area (Å²) in [4.78, 5) is 14.8. The zero-order valence-electron chi connectivity index (χ0n) is 18.7. The first kappa shape index (κ1) is 20.5. The van der Waals surface area contributed by atoms with E-state index in [0.717, 1.165) is 49.8 Å². The zero-order chi connectivity index (χ0) is 22.9. The van der Waals surface area contributed by atoms with Crippen molar-refractivity contribution in [3.05, 3.63) is 126 Å². The average molecular weight is 441 g/mol. The molecule has 0 spiro atoms. The number of benzene rings is 3. The molecule has 6 aromatic rings. The van der Waals surface area contributed by atoms with Gasteiger partial charge in [-0.1, -0.05) is 72.8 Å². The SMILES string of the molecule is NC(c1ccc2ccccc2n1)C(Cc1ccc2ccccc2n1)c1ccc2ccccc2n1. The van der Waals surface area contributed by atoms with E-state index in [1.807, 2.05) is 60.7 Å². The van der Waals surface area contributed by atoms with Gasteiger partial charge in [0.05, 0.1) is 28.3 Å². The van der Waals surface area contributed by atoms with Crippen molar-refractivity contribution in [2.24, 2.45) is 5.73 Å². The highest BCUT2D eigenvalue weighted by atomic mass is 14.8. The van der Waals surface area contributed by atoms with Crippen LogP contribution in [0.2, 0.25) is 0 Å². The number of pyridine rings is 3. The van der Waals surface area contributed by atoms with Crippen LogP contribution in [0.3, 0.4) is 0 Å². The standard InChI is InChI=1S/C30H24N4/c31-30(29-18-15-22-9-3-6-12-27(22)34-29)24(28-17-14-21-8-2-5-11-26(21)33-28)19-23-16-13-20-7-1-4-10-25(20)32-23/h1-18,24,30H,19,31H2. The summed E-state index contributed by atoms with van der Waals surface area (Å²) in [5, 5.41) is 3.35. The summed E-state index contributed by atoms with van der Waals surface area (Å²) >= 11 is 0. The Morgan fingerprint density at radius 3 is 1.59 bits per heavy atom. The lowest BCUT2D eigenvalue weighted by atomic mass is 9.88. The summed E-state index contributed by atoms with van der Waals surface area (Å²) in [5.41, 5.74) is 12.7. The smallest absolute Gasteiger partial charge is 0.0706 e. The Bertz CT molecular complexity index is 1630. The Kier molecular flexibility index (Phi) is 5.21. The zero-order valence-corrected chi connectivity index (χ0v) is 18.7. The second-order valence-corrected chi connectivity index (χ2v) is 8.69. The minimum atomic E-state index is -0.327. The first-order valence-corrected chi connectivity index (χ1v) is 11.6. The topological polar surface area (TPSA) is 64.7 Å². The van der Waals surface area contributed by atoms with Crippen LogP contribution in [0.25, 0.3) is 32.7 Å². The number of hydrogen-bond acceptors (Lipinski definition) is 4. The molecule has 0 aliphatic carbocycles. The largest absolute Gasteiger partial charge is 0.322 e. The van der Waals surface area contributed by atoms with Crippen LogP contribution in [0.5, 0.6) is 0 Å². The van der Waals surface area contributed by atoms with E-state index in [4.69, 9.17) is 20.7 Å². The predicted octanol–water partition coefficient (Wildman–Crippen LogP) is 6.36. The summed E-state index contributed by atoms with van der Waals surface area (Å²) in [5.74, 6) is -0.0769. The van der Waals surface area contributed by atoms with Crippen molar-refractivity contribution in [1.29, 1.82) is 0 Å². The third kappa shape index (κ3) is 3.89. The average Bonchev–Trinajstić information content (AvgIpc) is 2.90. The molecule has 0 aliphatic rings. The van der Waals surface area contributed by atoms with Crippen molar-refractivity contribution >= 4 is 32.7 Å². The van der Waals surface area contributed by atoms with Gasteiger partial charge in [-0.25, -0.2) is 0 Å². The molecule has 0 saturated carbocycles. The van der Waals surface area contributed by atoms with Crippen molar-refractivity contribution in [3.8, 4) is 0 Å². The molecule has 0 aliphatic heterocycles. The highest BCUT2D eigenvalue weighted by Gasteiger charge is 2.25. The van der Waals surface area contributed by atoms with Gasteiger partial charge < -0.3 is 5.73 Å². The van der Waals surface area contributed by atoms with Crippen LogP contribution in [0.4, 0.5) is 0 Å². The van der Waals surface area contributed by atoms with Gasteiger partial charge in [0.1, 0.15) is 0 Å². The van der Waals surface area contributed by atoms with Gasteiger partial charge in [-0.15, -0.1) is 0 Å². The van der Waals surface area contributed by atoms with Crippen molar-refractivity contribution in [1.82, 2.24) is 15.0 Å². The summed E-state index contributed by atoms with van der Waals surface area (Å²) in [7, 11) is 0. The summed E-state index contributed by atoms with van der Waals surface area (Å²) < 4.78 is 0. The van der Waals surface area contributed by atoms with Crippen LogP contribution in [-0.2, 0) is 6.42 Å². The molecule has 6 rings (SSSR count). The van der Waals surface area contributed by atoms with Crippen LogP contribution in [0, 0.1) is 0 Å². The number of fused-ring (bicyclic) bond motifs is 3. The first-order valence-electron chi connectivity index (χ1n) is 11.6. The first-order chi connectivity index (χ1) is 16.7. The third-order valence-electron chi connectivity index (χ3n) is 6.48. The molecule has 3 heterocycles. The van der Waals surface area contributed by atoms with E-state index in [1.165, 1.54) is 0 Å². The van der Waals surface area contributed by atoms with E-state index in [2.05, 4.69) is 48.5 Å². The Hall–Kier alpha value is -4.15. The molecule has 3 aromatic carbocycles. The molecule has 2 unspecified atom stereocenters. The van der Waals surface area contributed by atoms with E-state index >= 15 is 0 Å². The molecule has 34 heavy (non-hydrogen) atoms. The molecule has 4 nitrogen and oxygen atoms in total. The molecule has 0 amide bonds. The minimum absolute atomic E-state index is 0.0769. The predicted molar refractivity (Wildman–Crippen MR) is 139 cm³/mol. The van der Waals surface area contributed by atoms with Crippen molar-refractivity contribution in [2.75, 3.05) is 0 Å². The number of rotatable bonds is 5. The van der Waals surface area contributed by atoms with Gasteiger partial charge in [0.15, 0.2) is 0 Å². The van der Waals surface area contributed by atoms with Gasteiger partial charge in [0, 0.05) is 33.5 Å². The van der Waals surface area contributed by atoms with Crippen LogP contribution < -0.4 is 5.73 Å². The Morgan fingerprint density at radius 1 is 0.500 bits per heavy atom. The highest BCUT2D eigenvalue weighted by Crippen LogP contribution is 2.32. The fourth-order valence-corrected chi connectivity index (χ4v) is 4.62. The fraction of sp³-hybridized carbons (Fsp3) is 0.100. The van der Waals surface area contributed by atoms with Gasteiger partial charge in [0.25, 0.3) is 0 Å². The molecule has 2 atom stereocenters. The molecule has 164 valence electrons. The van der Waals surface area contributed by atoms with Crippen LogP contribution >= 0.6 is 0 Å². The van der Waals surface area contributed by atoms with Crippen molar-refractivity contribution in [3.63, 3.8) is 0 Å². The second-order valence-electron chi connectivity index (χ2n) is 8.69. The van der Waals surface area contributed by atoms with E-state index in [9.17, 15) is 0 Å². The fourth-order valence-electron chi connectivity index (χ4n) is 4.62. The molecule has 4 heteroatoms. The Labute approximate surface area is 198 Å². The monoisotopic (exact) mass is 440 g/mol. The van der Waals surface area contributed by atoms with Gasteiger partial charge in [-0.05, 0) is 42.8 Å². The van der Waals surface area contributed by atoms with Gasteiger partial charge in [-0.2, -0.15) is 0 Å². The summed E-state index contributed by atoms with van der Waals surface area (Å²) in [6, 6.07) is 36.7. The van der Waals surface area contributed by atoms with Crippen molar-refractivity contribution < 1.29 is 0 Å². The van der Waals surface area contributed by atoms with Crippen LogP contribution in [-0.4, -0.2) is 15.0 Å². The van der Waals surface area contributed by atoms with Crippen molar-refractivity contribution in [2.45, 2.75) is 18.4 Å². The lowest BCUT2D eigenvalue weighted by Gasteiger charge is -2.24. The molecule has 0 radical (unpaired) electrons. The molecule has 0 fully saturated rings. The second kappa shape index (κ2) is 8.65. The quantitative estimate of drug-likeness (QED) is 0.339. The lowest BCUT2D eigenvalue weighted by Crippen LogP contribution is -2.24. The number of nitrogens with two attached hydrogens (primary N) is 1. The minimum Gasteiger partial charge on any atom is -0.322 e. The normalized spacial score (nSPS) is 13.3. The maximum absolute atomic E-state index is 6.94. The van der Waals surface area contributed by atoms with E-state index < -0.39 is 0 Å². The molecule has 2 N–H and O–H groups in total. The number of para-hydroxylation sites is 3. The number of hydrogen-bond donors (Lipinski definition) is 1. The van der Waals surface area contributed by atoms with Crippen LogP contribution in [0.15, 0.2) is 109 Å². The molecule has 3 aromatic heterocycles. The lowest BCUT2D eigenvalue weighted by molar-refractivity contribution is 0.526. The number of nitrogens with zero attached hydrogens (tertiary/aromatic N) is 3. The van der Waals surface area contributed by atoms with Gasteiger partial charge in [0.2, 0.25) is 0 Å². The van der Waals surface area contributed by atoms with E-state index in [-0.39, 0.29) is 12.0 Å². The molecular formula is C30H24N4. The third-order valence-corrected chi connectivity index (χ3v) is 6.48. The summed E-state index contributed by atoms with van der Waals surface area (Å²) in [6.07, 6.45) is 0.672. The van der Waals surface area contributed by atoms with Gasteiger partial charge >= 0.3 is 0 Å². The highest BCUT2D eigenvalue weighted by molar-refractivity contribution is 5.80. The van der Waals surface area contributed by atoms with Gasteiger partial charge in [-0.3, -0.25) is 15.0 Å².